The van der Waals surface area contributed by atoms with Crippen LogP contribution in [0.3, 0.4) is 0 Å². The van der Waals surface area contributed by atoms with E-state index in [4.69, 9.17) is 16.9 Å². The number of pyridine rings is 1. The van der Waals surface area contributed by atoms with Crippen LogP contribution in [0.4, 0.5) is 5.69 Å². The number of aromatic nitrogens is 1. The van der Waals surface area contributed by atoms with E-state index in [0.717, 1.165) is 0 Å². The van der Waals surface area contributed by atoms with Crippen LogP contribution in [0.25, 0.3) is 0 Å². The Hall–Kier alpha value is -2.58. The van der Waals surface area contributed by atoms with Gasteiger partial charge in [0, 0.05) is 23.0 Å². The molecular formula is C13H8ClN5. The Morgan fingerprint density at radius 1 is 1.11 bits per heavy atom. The first-order valence-corrected chi connectivity index (χ1v) is 5.72. The van der Waals surface area contributed by atoms with Gasteiger partial charge in [0.25, 0.3) is 0 Å². The lowest BCUT2D eigenvalue weighted by Crippen LogP contribution is -1.95. The fourth-order valence-electron chi connectivity index (χ4n) is 1.28. The van der Waals surface area contributed by atoms with E-state index in [2.05, 4.69) is 20.4 Å². The molecule has 0 saturated heterocycles. The van der Waals surface area contributed by atoms with Gasteiger partial charge in [-0.05, 0) is 29.5 Å². The van der Waals surface area contributed by atoms with E-state index in [1.54, 1.807) is 48.8 Å². The normalized spacial score (nSPS) is 11.5. The van der Waals surface area contributed by atoms with E-state index in [9.17, 15) is 0 Å². The van der Waals surface area contributed by atoms with Crippen LogP contribution < -0.4 is 0 Å². The lowest BCUT2D eigenvalue weighted by molar-refractivity contribution is 1.06. The van der Waals surface area contributed by atoms with Crippen molar-refractivity contribution in [2.75, 3.05) is 0 Å². The van der Waals surface area contributed by atoms with E-state index in [-0.39, 0.29) is 5.71 Å². The summed E-state index contributed by atoms with van der Waals surface area (Å²) in [6.07, 6.45) is 3.20. The second kappa shape index (κ2) is 6.38. The van der Waals surface area contributed by atoms with Crippen LogP contribution in [0.2, 0.25) is 5.02 Å². The topological polar surface area (TPSA) is 73.8 Å². The van der Waals surface area contributed by atoms with Gasteiger partial charge in [0.05, 0.1) is 5.69 Å². The maximum atomic E-state index is 9.02. The third kappa shape index (κ3) is 3.69. The first-order valence-electron chi connectivity index (χ1n) is 5.34. The average molecular weight is 270 g/mol. The van der Waals surface area contributed by atoms with Crippen molar-refractivity contribution in [1.82, 2.24) is 4.98 Å². The highest BCUT2D eigenvalue weighted by molar-refractivity contribution is 6.30. The van der Waals surface area contributed by atoms with Crippen LogP contribution >= 0.6 is 11.6 Å². The number of rotatable bonds is 3. The number of hydrogen-bond donors (Lipinski definition) is 0. The molecule has 0 spiro atoms. The molecule has 0 bridgehead atoms. The van der Waals surface area contributed by atoms with Crippen molar-refractivity contribution < 1.29 is 0 Å². The molecule has 2 aromatic rings. The fourth-order valence-corrected chi connectivity index (χ4v) is 1.41. The molecule has 0 aliphatic heterocycles. The Morgan fingerprint density at radius 3 is 2.42 bits per heavy atom. The fraction of sp³-hybridized carbons (Fsp3) is 0. The van der Waals surface area contributed by atoms with Crippen LogP contribution in [0.15, 0.2) is 64.2 Å². The molecule has 1 heterocycles. The molecule has 0 radical (unpaired) electrons. The molecule has 1 aromatic heterocycles. The Morgan fingerprint density at radius 2 is 1.79 bits per heavy atom. The minimum atomic E-state index is 0.175. The Balaban J connectivity index is 2.19. The third-order valence-electron chi connectivity index (χ3n) is 2.19. The summed E-state index contributed by atoms with van der Waals surface area (Å²) in [5, 5.41) is 20.9. The van der Waals surface area contributed by atoms with Gasteiger partial charge in [0.2, 0.25) is 0 Å². The summed E-state index contributed by atoms with van der Waals surface area (Å²) < 4.78 is 0. The van der Waals surface area contributed by atoms with Crippen LogP contribution in [-0.2, 0) is 0 Å². The lowest BCUT2D eigenvalue weighted by atomic mass is 10.1. The van der Waals surface area contributed by atoms with E-state index < -0.39 is 0 Å². The van der Waals surface area contributed by atoms with Crippen LogP contribution in [0, 0.1) is 11.3 Å². The van der Waals surface area contributed by atoms with Gasteiger partial charge in [-0.15, -0.1) is 10.2 Å². The predicted molar refractivity (Wildman–Crippen MR) is 72.4 cm³/mol. The molecule has 0 aliphatic carbocycles. The predicted octanol–water partition coefficient (Wildman–Crippen LogP) is 3.75. The molecule has 0 N–H and O–H groups in total. The van der Waals surface area contributed by atoms with Crippen molar-refractivity contribution in [1.29, 1.82) is 5.26 Å². The molecule has 0 atom stereocenters. The van der Waals surface area contributed by atoms with Crippen LogP contribution in [0.5, 0.6) is 0 Å². The molecular weight excluding hydrogens is 262 g/mol. The highest BCUT2D eigenvalue weighted by Crippen LogP contribution is 2.12. The number of nitrogens with zero attached hydrogens (tertiary/aromatic N) is 5. The van der Waals surface area contributed by atoms with Crippen molar-refractivity contribution in [3.8, 4) is 6.07 Å². The lowest BCUT2D eigenvalue weighted by Gasteiger charge is -1.95. The average Bonchev–Trinajstić information content (AvgIpc) is 2.46. The van der Waals surface area contributed by atoms with E-state index >= 15 is 0 Å². The molecule has 1 aromatic carbocycles. The summed E-state index contributed by atoms with van der Waals surface area (Å²) in [5.74, 6) is 0. The highest BCUT2D eigenvalue weighted by Gasteiger charge is 2.01. The number of nitriles is 1. The zero-order chi connectivity index (χ0) is 13.5. The molecule has 19 heavy (non-hydrogen) atoms. The standard InChI is InChI=1S/C13H8ClN5/c14-11-3-1-10(2-4-11)13(9-15)18-19-17-12-5-7-16-8-6-12/h1-8H. The Labute approximate surface area is 114 Å². The SMILES string of the molecule is N#CC(=NN=Nc1ccncc1)c1ccc(Cl)cc1. The molecule has 5 nitrogen and oxygen atoms in total. The first-order chi connectivity index (χ1) is 9.29. The molecule has 0 aliphatic rings. The van der Waals surface area contributed by atoms with Gasteiger partial charge in [0.1, 0.15) is 6.07 Å². The molecule has 6 heteroatoms. The summed E-state index contributed by atoms with van der Waals surface area (Å²) in [6, 6.07) is 12.1. The molecule has 92 valence electrons. The summed E-state index contributed by atoms with van der Waals surface area (Å²) in [5.41, 5.74) is 1.43. The smallest absolute Gasteiger partial charge is 0.172 e. The highest BCUT2D eigenvalue weighted by atomic mass is 35.5. The molecule has 0 unspecified atom stereocenters. The maximum absolute atomic E-state index is 9.02. The Bertz CT molecular complexity index is 641. The van der Waals surface area contributed by atoms with Gasteiger partial charge in [0.15, 0.2) is 5.71 Å². The van der Waals surface area contributed by atoms with Gasteiger partial charge in [-0.25, -0.2) is 0 Å². The van der Waals surface area contributed by atoms with Gasteiger partial charge in [-0.3, -0.25) is 4.98 Å². The zero-order valence-corrected chi connectivity index (χ0v) is 10.5. The number of halogens is 1. The van der Waals surface area contributed by atoms with Gasteiger partial charge < -0.3 is 0 Å². The van der Waals surface area contributed by atoms with Crippen LogP contribution in [-0.4, -0.2) is 10.7 Å². The monoisotopic (exact) mass is 269 g/mol. The van der Waals surface area contributed by atoms with Crippen molar-refractivity contribution in [2.24, 2.45) is 15.4 Å². The van der Waals surface area contributed by atoms with Gasteiger partial charge in [-0.1, -0.05) is 23.7 Å². The largest absolute Gasteiger partial charge is 0.265 e. The van der Waals surface area contributed by atoms with Crippen molar-refractivity contribution in [3.05, 3.63) is 59.4 Å². The zero-order valence-electron chi connectivity index (χ0n) is 9.73. The molecule has 2 rings (SSSR count). The quantitative estimate of drug-likeness (QED) is 0.483. The second-order valence-electron chi connectivity index (χ2n) is 3.46. The number of benzene rings is 1. The molecule has 0 saturated carbocycles. The summed E-state index contributed by atoms with van der Waals surface area (Å²) in [6.45, 7) is 0. The molecule has 0 amide bonds. The summed E-state index contributed by atoms with van der Waals surface area (Å²) >= 11 is 5.77. The summed E-state index contributed by atoms with van der Waals surface area (Å²) in [4.78, 5) is 3.86. The number of hydrogen-bond acceptors (Lipinski definition) is 4. The van der Waals surface area contributed by atoms with E-state index in [0.29, 0.717) is 16.3 Å². The molecule has 0 fully saturated rings. The summed E-state index contributed by atoms with van der Waals surface area (Å²) in [7, 11) is 0. The minimum absolute atomic E-state index is 0.175. The second-order valence-corrected chi connectivity index (χ2v) is 3.90. The maximum Gasteiger partial charge on any atom is 0.172 e. The van der Waals surface area contributed by atoms with Crippen molar-refractivity contribution >= 4 is 23.0 Å². The van der Waals surface area contributed by atoms with Crippen molar-refractivity contribution in [3.63, 3.8) is 0 Å². The Kier molecular flexibility index (Phi) is 4.32. The third-order valence-corrected chi connectivity index (χ3v) is 2.44. The van der Waals surface area contributed by atoms with Gasteiger partial charge >= 0.3 is 0 Å². The minimum Gasteiger partial charge on any atom is -0.265 e. The first kappa shape index (κ1) is 12.9. The van der Waals surface area contributed by atoms with E-state index in [1.165, 1.54) is 0 Å². The van der Waals surface area contributed by atoms with E-state index in [1.807, 2.05) is 6.07 Å². The van der Waals surface area contributed by atoms with Crippen LogP contribution in [0.1, 0.15) is 5.56 Å². The van der Waals surface area contributed by atoms with Gasteiger partial charge in [-0.2, -0.15) is 5.26 Å². The van der Waals surface area contributed by atoms with Crippen molar-refractivity contribution in [2.45, 2.75) is 0 Å².